The standard InChI is InChI=1S/C17H22N4OS/c1-2-18-17(22)12-7-8-15(20-11-12)19-10-9-16-21-13-5-3-4-6-14(13)23-16/h7-8,11H,2-6,9-10H2,1H3,(H,18,22)(H,19,20). The van der Waals surface area contributed by atoms with Gasteiger partial charge >= 0.3 is 0 Å². The number of fused-ring (bicyclic) bond motifs is 1. The van der Waals surface area contributed by atoms with Gasteiger partial charge in [-0.1, -0.05) is 0 Å². The van der Waals surface area contributed by atoms with E-state index in [2.05, 4.69) is 15.6 Å². The summed E-state index contributed by atoms with van der Waals surface area (Å²) in [6.45, 7) is 3.33. The number of rotatable bonds is 6. The number of hydrogen-bond donors (Lipinski definition) is 2. The summed E-state index contributed by atoms with van der Waals surface area (Å²) < 4.78 is 0. The van der Waals surface area contributed by atoms with E-state index >= 15 is 0 Å². The van der Waals surface area contributed by atoms with Crippen LogP contribution in [-0.4, -0.2) is 29.0 Å². The number of aryl methyl sites for hydroxylation is 2. The lowest BCUT2D eigenvalue weighted by Gasteiger charge is -2.06. The van der Waals surface area contributed by atoms with E-state index in [0.29, 0.717) is 12.1 Å². The number of carbonyl (C=O) groups is 1. The first-order chi connectivity index (χ1) is 11.3. The lowest BCUT2D eigenvalue weighted by Crippen LogP contribution is -2.22. The molecule has 1 aliphatic carbocycles. The Morgan fingerprint density at radius 2 is 2.17 bits per heavy atom. The summed E-state index contributed by atoms with van der Waals surface area (Å²) in [5, 5.41) is 7.27. The number of nitrogens with one attached hydrogen (secondary N) is 2. The minimum atomic E-state index is -0.0834. The van der Waals surface area contributed by atoms with Crippen LogP contribution in [0.2, 0.25) is 0 Å². The number of nitrogens with zero attached hydrogens (tertiary/aromatic N) is 2. The highest BCUT2D eigenvalue weighted by atomic mass is 32.1. The third-order valence-electron chi connectivity index (χ3n) is 3.90. The van der Waals surface area contributed by atoms with Crippen molar-refractivity contribution >= 4 is 23.1 Å². The van der Waals surface area contributed by atoms with Crippen molar-refractivity contribution in [2.45, 2.75) is 39.0 Å². The van der Waals surface area contributed by atoms with Crippen LogP contribution >= 0.6 is 11.3 Å². The van der Waals surface area contributed by atoms with Crippen molar-refractivity contribution < 1.29 is 4.79 Å². The van der Waals surface area contributed by atoms with Gasteiger partial charge in [0.2, 0.25) is 0 Å². The van der Waals surface area contributed by atoms with E-state index in [1.807, 2.05) is 24.3 Å². The topological polar surface area (TPSA) is 66.9 Å². The number of aromatic nitrogens is 2. The first kappa shape index (κ1) is 15.9. The highest BCUT2D eigenvalue weighted by Crippen LogP contribution is 2.26. The Morgan fingerprint density at radius 1 is 1.30 bits per heavy atom. The van der Waals surface area contributed by atoms with Gasteiger partial charge < -0.3 is 10.6 Å². The summed E-state index contributed by atoms with van der Waals surface area (Å²) >= 11 is 1.86. The molecule has 3 rings (SSSR count). The van der Waals surface area contributed by atoms with Gasteiger partial charge in [-0.25, -0.2) is 9.97 Å². The molecule has 0 radical (unpaired) electrons. The largest absolute Gasteiger partial charge is 0.370 e. The van der Waals surface area contributed by atoms with Crippen LogP contribution in [0, 0.1) is 0 Å². The lowest BCUT2D eigenvalue weighted by atomic mass is 10.0. The smallest absolute Gasteiger partial charge is 0.252 e. The van der Waals surface area contributed by atoms with Crippen molar-refractivity contribution in [1.82, 2.24) is 15.3 Å². The van der Waals surface area contributed by atoms with Crippen molar-refractivity contribution in [3.8, 4) is 0 Å². The second-order valence-corrected chi connectivity index (χ2v) is 6.82. The second kappa shape index (κ2) is 7.55. The normalized spacial score (nSPS) is 13.4. The van der Waals surface area contributed by atoms with Crippen LogP contribution in [0.5, 0.6) is 0 Å². The minimum Gasteiger partial charge on any atom is -0.370 e. The molecule has 2 N–H and O–H groups in total. The van der Waals surface area contributed by atoms with E-state index in [4.69, 9.17) is 4.98 Å². The molecule has 5 nitrogen and oxygen atoms in total. The highest BCUT2D eigenvalue weighted by molar-refractivity contribution is 7.11. The molecule has 0 fully saturated rings. The molecule has 0 bridgehead atoms. The summed E-state index contributed by atoms with van der Waals surface area (Å²) in [7, 11) is 0. The Bertz CT molecular complexity index is 642. The van der Waals surface area contributed by atoms with Gasteiger partial charge in [-0.3, -0.25) is 4.79 Å². The van der Waals surface area contributed by atoms with Gasteiger partial charge in [-0.05, 0) is 44.7 Å². The van der Waals surface area contributed by atoms with Gasteiger partial charge in [0.05, 0.1) is 16.3 Å². The molecule has 0 aromatic carbocycles. The fourth-order valence-corrected chi connectivity index (χ4v) is 3.86. The molecule has 1 amide bonds. The van der Waals surface area contributed by atoms with Crippen molar-refractivity contribution in [2.24, 2.45) is 0 Å². The maximum absolute atomic E-state index is 11.7. The zero-order valence-electron chi connectivity index (χ0n) is 13.4. The Morgan fingerprint density at radius 3 is 2.91 bits per heavy atom. The summed E-state index contributed by atoms with van der Waals surface area (Å²) in [6.07, 6.45) is 7.43. The third kappa shape index (κ3) is 4.07. The predicted molar refractivity (Wildman–Crippen MR) is 93.2 cm³/mol. The van der Waals surface area contributed by atoms with E-state index in [1.54, 1.807) is 12.3 Å². The first-order valence-electron chi connectivity index (χ1n) is 8.22. The molecule has 0 saturated heterocycles. The molecule has 0 spiro atoms. The summed E-state index contributed by atoms with van der Waals surface area (Å²) in [5.74, 6) is 0.708. The van der Waals surface area contributed by atoms with E-state index < -0.39 is 0 Å². The van der Waals surface area contributed by atoms with Gasteiger partial charge in [0, 0.05) is 30.6 Å². The monoisotopic (exact) mass is 330 g/mol. The zero-order chi connectivity index (χ0) is 16.1. The molecule has 0 atom stereocenters. The van der Waals surface area contributed by atoms with Crippen molar-refractivity contribution in [2.75, 3.05) is 18.4 Å². The molecule has 23 heavy (non-hydrogen) atoms. The quantitative estimate of drug-likeness (QED) is 0.855. The molecule has 0 unspecified atom stereocenters. The Hall–Kier alpha value is -1.95. The minimum absolute atomic E-state index is 0.0834. The van der Waals surface area contributed by atoms with E-state index in [-0.39, 0.29) is 5.91 Å². The maximum atomic E-state index is 11.7. The molecule has 122 valence electrons. The molecule has 0 aliphatic heterocycles. The summed E-state index contributed by atoms with van der Waals surface area (Å²) in [5.41, 5.74) is 1.91. The highest BCUT2D eigenvalue weighted by Gasteiger charge is 2.14. The number of thiazole rings is 1. The first-order valence-corrected chi connectivity index (χ1v) is 9.03. The number of amides is 1. The molecular formula is C17H22N4OS. The van der Waals surface area contributed by atoms with Crippen LogP contribution in [-0.2, 0) is 19.3 Å². The van der Waals surface area contributed by atoms with Crippen LogP contribution < -0.4 is 10.6 Å². The fraction of sp³-hybridized carbons (Fsp3) is 0.471. The molecule has 2 aromatic rings. The zero-order valence-corrected chi connectivity index (χ0v) is 14.2. The van der Waals surface area contributed by atoms with Gasteiger partial charge in [-0.15, -0.1) is 11.3 Å². The van der Waals surface area contributed by atoms with Gasteiger partial charge in [-0.2, -0.15) is 0 Å². The molecule has 1 aliphatic rings. The van der Waals surface area contributed by atoms with Crippen LogP contribution in [0.1, 0.15) is 45.7 Å². The number of anilines is 1. The Balaban J connectivity index is 1.50. The number of pyridine rings is 1. The molecular weight excluding hydrogens is 308 g/mol. The summed E-state index contributed by atoms with van der Waals surface area (Å²) in [6, 6.07) is 3.64. The average molecular weight is 330 g/mol. The van der Waals surface area contributed by atoms with Crippen molar-refractivity contribution in [3.63, 3.8) is 0 Å². The van der Waals surface area contributed by atoms with E-state index in [9.17, 15) is 4.79 Å². The van der Waals surface area contributed by atoms with Crippen molar-refractivity contribution in [3.05, 3.63) is 39.5 Å². The molecule has 6 heteroatoms. The Kier molecular flexibility index (Phi) is 5.23. The van der Waals surface area contributed by atoms with Gasteiger partial charge in [0.1, 0.15) is 5.82 Å². The van der Waals surface area contributed by atoms with Crippen molar-refractivity contribution in [1.29, 1.82) is 0 Å². The van der Waals surface area contributed by atoms with Crippen LogP contribution in [0.15, 0.2) is 18.3 Å². The van der Waals surface area contributed by atoms with Crippen LogP contribution in [0.25, 0.3) is 0 Å². The van der Waals surface area contributed by atoms with E-state index in [0.717, 1.165) is 25.2 Å². The predicted octanol–water partition coefficient (Wildman–Crippen LogP) is 2.82. The molecule has 2 heterocycles. The van der Waals surface area contributed by atoms with Gasteiger partial charge in [0.15, 0.2) is 0 Å². The fourth-order valence-electron chi connectivity index (χ4n) is 2.71. The second-order valence-electron chi connectivity index (χ2n) is 5.65. The van der Waals surface area contributed by atoms with Gasteiger partial charge in [0.25, 0.3) is 5.91 Å². The molecule has 2 aromatic heterocycles. The number of hydrogen-bond acceptors (Lipinski definition) is 5. The van der Waals surface area contributed by atoms with E-state index in [1.165, 1.54) is 34.8 Å². The average Bonchev–Trinajstić information content (AvgIpc) is 2.98. The summed E-state index contributed by atoms with van der Waals surface area (Å²) in [4.78, 5) is 22.2. The maximum Gasteiger partial charge on any atom is 0.252 e. The van der Waals surface area contributed by atoms with Crippen LogP contribution in [0.4, 0.5) is 5.82 Å². The molecule has 0 saturated carbocycles. The number of carbonyl (C=O) groups excluding carboxylic acids is 1. The Labute approximate surface area is 140 Å². The van der Waals surface area contributed by atoms with Crippen LogP contribution in [0.3, 0.4) is 0 Å². The third-order valence-corrected chi connectivity index (χ3v) is 5.12. The SMILES string of the molecule is CCNC(=O)c1ccc(NCCc2nc3c(s2)CCCC3)nc1. The lowest BCUT2D eigenvalue weighted by molar-refractivity contribution is 0.0955.